The number of aromatic amines is 2. The summed E-state index contributed by atoms with van der Waals surface area (Å²) in [7, 11) is 0. The maximum Gasteiger partial charge on any atom is 0.216 e. The molecule has 2 heterocycles. The summed E-state index contributed by atoms with van der Waals surface area (Å²) >= 11 is 0. The molecule has 0 aliphatic carbocycles. The van der Waals surface area contributed by atoms with E-state index in [2.05, 4.69) is 26.6 Å². The van der Waals surface area contributed by atoms with Gasteiger partial charge in [-0.25, -0.2) is 4.39 Å². The zero-order valence-electron chi connectivity index (χ0n) is 15.6. The van der Waals surface area contributed by atoms with Gasteiger partial charge in [-0.15, -0.1) is 0 Å². The van der Waals surface area contributed by atoms with Crippen LogP contribution in [0, 0.1) is 5.82 Å². The van der Waals surface area contributed by atoms with Crippen LogP contribution >= 0.6 is 0 Å². The largest absolute Gasteiger partial charge is 0.361 e. The molecule has 0 radical (unpaired) electrons. The molecule has 0 spiro atoms. The van der Waals surface area contributed by atoms with Crippen molar-refractivity contribution in [1.29, 1.82) is 0 Å². The van der Waals surface area contributed by atoms with Gasteiger partial charge in [-0.05, 0) is 59.4 Å². The van der Waals surface area contributed by atoms with E-state index in [1.165, 1.54) is 6.92 Å². The fraction of sp³-hybridized carbons (Fsp3) is 0.182. The van der Waals surface area contributed by atoms with Crippen LogP contribution in [-0.4, -0.2) is 27.6 Å². The zero-order chi connectivity index (χ0) is 19.5. The highest BCUT2D eigenvalue weighted by molar-refractivity contribution is 5.86. The number of rotatable bonds is 6. The summed E-state index contributed by atoms with van der Waals surface area (Å²) in [6.45, 7) is 2.02. The summed E-state index contributed by atoms with van der Waals surface area (Å²) in [5, 5.41) is 10.6. The van der Waals surface area contributed by atoms with Crippen molar-refractivity contribution in [2.24, 2.45) is 0 Å². The number of carbonyl (C=O) groups is 1. The van der Waals surface area contributed by atoms with Crippen LogP contribution in [0.1, 0.15) is 23.6 Å². The summed E-state index contributed by atoms with van der Waals surface area (Å²) < 4.78 is 14.3. The number of nitrogens with one attached hydrogen (secondary N) is 3. The summed E-state index contributed by atoms with van der Waals surface area (Å²) in [5.74, 6) is -0.323. The SMILES string of the molecule is CC(=O)NCCc1c[nH]c2c(Cc3cccc(-c4ccn[nH]4)c3)cc(F)cc12. The lowest BCUT2D eigenvalue weighted by Crippen LogP contribution is -2.22. The number of carbonyl (C=O) groups excluding carboxylic acids is 1. The van der Waals surface area contributed by atoms with Gasteiger partial charge in [-0.1, -0.05) is 18.2 Å². The molecule has 142 valence electrons. The summed E-state index contributed by atoms with van der Waals surface area (Å²) in [6, 6.07) is 13.2. The Morgan fingerprint density at radius 2 is 2.07 bits per heavy atom. The zero-order valence-corrected chi connectivity index (χ0v) is 15.6. The smallest absolute Gasteiger partial charge is 0.216 e. The quantitative estimate of drug-likeness (QED) is 0.476. The van der Waals surface area contributed by atoms with Crippen molar-refractivity contribution in [2.45, 2.75) is 19.8 Å². The minimum Gasteiger partial charge on any atom is -0.361 e. The average molecular weight is 376 g/mol. The highest BCUT2D eigenvalue weighted by Gasteiger charge is 2.11. The molecule has 0 aliphatic rings. The van der Waals surface area contributed by atoms with Crippen molar-refractivity contribution in [3.63, 3.8) is 0 Å². The van der Waals surface area contributed by atoms with E-state index < -0.39 is 0 Å². The Morgan fingerprint density at radius 1 is 1.18 bits per heavy atom. The van der Waals surface area contributed by atoms with Gasteiger partial charge >= 0.3 is 0 Å². The Morgan fingerprint density at radius 3 is 2.86 bits per heavy atom. The molecule has 2 aromatic carbocycles. The first-order valence-corrected chi connectivity index (χ1v) is 9.21. The second-order valence-electron chi connectivity index (χ2n) is 6.88. The van der Waals surface area contributed by atoms with E-state index in [-0.39, 0.29) is 11.7 Å². The Bertz CT molecular complexity index is 1110. The van der Waals surface area contributed by atoms with Crippen molar-refractivity contribution < 1.29 is 9.18 Å². The van der Waals surface area contributed by atoms with Crippen molar-refractivity contribution >= 4 is 16.8 Å². The van der Waals surface area contributed by atoms with Gasteiger partial charge in [0, 0.05) is 36.8 Å². The second kappa shape index (κ2) is 7.68. The molecule has 0 aliphatic heterocycles. The molecule has 2 aromatic heterocycles. The number of fused-ring (bicyclic) bond motifs is 1. The van der Waals surface area contributed by atoms with Gasteiger partial charge in [0.05, 0.1) is 5.69 Å². The molecule has 0 unspecified atom stereocenters. The van der Waals surface area contributed by atoms with E-state index in [0.29, 0.717) is 19.4 Å². The van der Waals surface area contributed by atoms with E-state index in [0.717, 1.165) is 38.9 Å². The van der Waals surface area contributed by atoms with Crippen LogP contribution in [0.25, 0.3) is 22.2 Å². The summed E-state index contributed by atoms with van der Waals surface area (Å²) in [4.78, 5) is 14.4. The van der Waals surface area contributed by atoms with Crippen LogP contribution in [0.15, 0.2) is 54.9 Å². The standard InChI is InChI=1S/C22H21FN4O/c1-14(28)24-7-5-17-13-25-22-18(11-19(23)12-20(17)22)10-15-3-2-4-16(9-15)21-6-8-26-27-21/h2-4,6,8-9,11-13,25H,5,7,10H2,1H3,(H,24,28)(H,26,27). The second-order valence-corrected chi connectivity index (χ2v) is 6.88. The number of aromatic nitrogens is 3. The Labute approximate surface area is 162 Å². The van der Waals surface area contributed by atoms with Crippen molar-refractivity contribution in [3.8, 4) is 11.3 Å². The molecule has 6 heteroatoms. The lowest BCUT2D eigenvalue weighted by Gasteiger charge is -2.08. The molecule has 0 bridgehead atoms. The van der Waals surface area contributed by atoms with E-state index in [4.69, 9.17) is 0 Å². The molecule has 4 rings (SSSR count). The number of amides is 1. The van der Waals surface area contributed by atoms with Crippen molar-refractivity contribution in [1.82, 2.24) is 20.5 Å². The van der Waals surface area contributed by atoms with Gasteiger partial charge < -0.3 is 10.3 Å². The predicted octanol–water partition coefficient (Wildman–Crippen LogP) is 3.97. The average Bonchev–Trinajstić information content (AvgIpc) is 3.32. The monoisotopic (exact) mass is 376 g/mol. The minimum atomic E-state index is -0.257. The van der Waals surface area contributed by atoms with E-state index in [1.54, 1.807) is 18.3 Å². The third-order valence-corrected chi connectivity index (χ3v) is 4.82. The number of hydrogen-bond acceptors (Lipinski definition) is 2. The molecule has 5 nitrogen and oxygen atoms in total. The van der Waals surface area contributed by atoms with Crippen LogP contribution in [-0.2, 0) is 17.6 Å². The van der Waals surface area contributed by atoms with Crippen LogP contribution in [0.3, 0.4) is 0 Å². The van der Waals surface area contributed by atoms with Gasteiger partial charge in [0.25, 0.3) is 0 Å². The van der Waals surface area contributed by atoms with Gasteiger partial charge in [0.15, 0.2) is 0 Å². The Balaban J connectivity index is 1.63. The molecule has 0 saturated heterocycles. The number of halogens is 1. The molecule has 0 fully saturated rings. The van der Waals surface area contributed by atoms with Gasteiger partial charge in [-0.3, -0.25) is 9.89 Å². The molecule has 28 heavy (non-hydrogen) atoms. The number of hydrogen-bond donors (Lipinski definition) is 3. The summed E-state index contributed by atoms with van der Waals surface area (Å²) in [6.07, 6.45) is 4.88. The van der Waals surface area contributed by atoms with Crippen molar-refractivity contribution in [2.75, 3.05) is 6.54 Å². The fourth-order valence-corrected chi connectivity index (χ4v) is 3.53. The van der Waals surface area contributed by atoms with Crippen LogP contribution in [0.5, 0.6) is 0 Å². The highest BCUT2D eigenvalue weighted by Crippen LogP contribution is 2.27. The predicted molar refractivity (Wildman–Crippen MR) is 107 cm³/mol. The lowest BCUT2D eigenvalue weighted by molar-refractivity contribution is -0.118. The van der Waals surface area contributed by atoms with Crippen molar-refractivity contribution in [3.05, 3.63) is 77.4 Å². The maximum absolute atomic E-state index is 14.3. The first-order chi connectivity index (χ1) is 13.6. The van der Waals surface area contributed by atoms with Gasteiger partial charge in [-0.2, -0.15) is 5.10 Å². The third-order valence-electron chi connectivity index (χ3n) is 4.82. The molecular formula is C22H21FN4O. The summed E-state index contributed by atoms with van der Waals surface area (Å²) in [5.41, 5.74) is 5.93. The first kappa shape index (κ1) is 18.0. The Kier molecular flexibility index (Phi) is 4.93. The first-order valence-electron chi connectivity index (χ1n) is 9.21. The number of H-pyrrole nitrogens is 2. The molecule has 0 saturated carbocycles. The molecular weight excluding hydrogens is 355 g/mol. The molecule has 1 amide bonds. The van der Waals surface area contributed by atoms with E-state index in [9.17, 15) is 9.18 Å². The third kappa shape index (κ3) is 3.81. The Hall–Kier alpha value is -3.41. The molecule has 3 N–H and O–H groups in total. The number of benzene rings is 2. The van der Waals surface area contributed by atoms with Gasteiger partial charge in [0.1, 0.15) is 5.82 Å². The minimum absolute atomic E-state index is 0.0659. The maximum atomic E-state index is 14.3. The highest BCUT2D eigenvalue weighted by atomic mass is 19.1. The topological polar surface area (TPSA) is 73.6 Å². The van der Waals surface area contributed by atoms with E-state index >= 15 is 0 Å². The fourth-order valence-electron chi connectivity index (χ4n) is 3.53. The van der Waals surface area contributed by atoms with Crippen LogP contribution < -0.4 is 5.32 Å². The normalized spacial score (nSPS) is 11.1. The van der Waals surface area contributed by atoms with Crippen LogP contribution in [0.2, 0.25) is 0 Å². The molecule has 4 aromatic rings. The molecule has 0 atom stereocenters. The van der Waals surface area contributed by atoms with Gasteiger partial charge in [0.2, 0.25) is 5.91 Å². The van der Waals surface area contributed by atoms with Crippen LogP contribution in [0.4, 0.5) is 4.39 Å². The number of nitrogens with zero attached hydrogens (tertiary/aromatic N) is 1. The van der Waals surface area contributed by atoms with E-state index in [1.807, 2.05) is 30.5 Å². The lowest BCUT2D eigenvalue weighted by atomic mass is 9.99.